The fourth-order valence-corrected chi connectivity index (χ4v) is 2.70. The van der Waals surface area contributed by atoms with Crippen LogP contribution >= 0.6 is 11.8 Å². The monoisotopic (exact) mass is 286 g/mol. The molecule has 0 aliphatic rings. The summed E-state index contributed by atoms with van der Waals surface area (Å²) < 4.78 is 5.04. The Hall–Kier alpha value is -0.440. The Morgan fingerprint density at radius 2 is 1.58 bits per heavy atom. The first-order valence-electron chi connectivity index (χ1n) is 7.58. The summed E-state index contributed by atoms with van der Waals surface area (Å²) in [6.07, 6.45) is 10.3. The number of rotatable bonds is 13. The SMILES string of the molecule is C=C(C)C(=O)OCCCCSCCCCCCCC. The summed E-state index contributed by atoms with van der Waals surface area (Å²) in [5.74, 6) is 2.19. The van der Waals surface area contributed by atoms with Crippen molar-refractivity contribution in [3.8, 4) is 0 Å². The molecule has 0 aliphatic heterocycles. The number of esters is 1. The van der Waals surface area contributed by atoms with Crippen LogP contribution in [-0.4, -0.2) is 24.1 Å². The van der Waals surface area contributed by atoms with E-state index in [1.165, 1.54) is 50.0 Å². The minimum Gasteiger partial charge on any atom is -0.462 e. The van der Waals surface area contributed by atoms with Crippen LogP contribution in [0.2, 0.25) is 0 Å². The van der Waals surface area contributed by atoms with Crippen molar-refractivity contribution in [1.29, 1.82) is 0 Å². The van der Waals surface area contributed by atoms with E-state index in [4.69, 9.17) is 4.74 Å². The molecule has 0 atom stereocenters. The number of thioether (sulfide) groups is 1. The van der Waals surface area contributed by atoms with Gasteiger partial charge in [-0.25, -0.2) is 4.79 Å². The summed E-state index contributed by atoms with van der Waals surface area (Å²) in [4.78, 5) is 11.1. The largest absolute Gasteiger partial charge is 0.462 e. The van der Waals surface area contributed by atoms with Crippen LogP contribution in [0.4, 0.5) is 0 Å². The third-order valence-corrected chi connectivity index (χ3v) is 4.06. The second kappa shape index (κ2) is 14.0. The van der Waals surface area contributed by atoms with E-state index >= 15 is 0 Å². The molecule has 0 N–H and O–H groups in total. The molecule has 0 amide bonds. The molecule has 0 radical (unpaired) electrons. The van der Waals surface area contributed by atoms with Crippen LogP contribution in [0, 0.1) is 0 Å². The van der Waals surface area contributed by atoms with Crippen LogP contribution in [-0.2, 0) is 9.53 Å². The third-order valence-electron chi connectivity index (χ3n) is 2.91. The lowest BCUT2D eigenvalue weighted by molar-refractivity contribution is -0.139. The van der Waals surface area contributed by atoms with Gasteiger partial charge in [0.05, 0.1) is 6.61 Å². The first-order chi connectivity index (χ1) is 9.18. The average molecular weight is 286 g/mol. The Morgan fingerprint density at radius 3 is 2.21 bits per heavy atom. The molecule has 0 heterocycles. The maximum Gasteiger partial charge on any atom is 0.333 e. The van der Waals surface area contributed by atoms with Crippen molar-refractivity contribution < 1.29 is 9.53 Å². The molecule has 0 aromatic rings. The number of carbonyl (C=O) groups excluding carboxylic acids is 1. The maximum atomic E-state index is 11.1. The molecule has 0 aliphatic carbocycles. The van der Waals surface area contributed by atoms with Crippen molar-refractivity contribution >= 4 is 17.7 Å². The molecule has 0 saturated heterocycles. The van der Waals surface area contributed by atoms with Gasteiger partial charge < -0.3 is 4.74 Å². The van der Waals surface area contributed by atoms with Gasteiger partial charge in [0.2, 0.25) is 0 Å². The minimum absolute atomic E-state index is 0.264. The van der Waals surface area contributed by atoms with Crippen LogP contribution in [0.25, 0.3) is 0 Å². The summed E-state index contributed by atoms with van der Waals surface area (Å²) >= 11 is 2.02. The Kier molecular flexibility index (Phi) is 13.7. The molecule has 19 heavy (non-hydrogen) atoms. The second-order valence-corrected chi connectivity index (χ2v) is 6.23. The van der Waals surface area contributed by atoms with Crippen molar-refractivity contribution in [3.63, 3.8) is 0 Å². The summed E-state index contributed by atoms with van der Waals surface area (Å²) in [5.41, 5.74) is 0.484. The van der Waals surface area contributed by atoms with Crippen LogP contribution in [0.3, 0.4) is 0 Å². The zero-order valence-electron chi connectivity index (χ0n) is 12.7. The Labute approximate surface area is 123 Å². The van der Waals surface area contributed by atoms with Crippen LogP contribution in [0.5, 0.6) is 0 Å². The predicted molar refractivity (Wildman–Crippen MR) is 85.7 cm³/mol. The molecule has 0 unspecified atom stereocenters. The molecule has 0 spiro atoms. The van der Waals surface area contributed by atoms with E-state index < -0.39 is 0 Å². The number of hydrogen-bond donors (Lipinski definition) is 0. The van der Waals surface area contributed by atoms with E-state index in [-0.39, 0.29) is 5.97 Å². The second-order valence-electron chi connectivity index (χ2n) is 5.00. The summed E-state index contributed by atoms with van der Waals surface area (Å²) in [7, 11) is 0. The van der Waals surface area contributed by atoms with E-state index in [2.05, 4.69) is 13.5 Å². The van der Waals surface area contributed by atoms with Gasteiger partial charge in [0, 0.05) is 5.57 Å². The fourth-order valence-electron chi connectivity index (χ4n) is 1.68. The molecule has 0 rings (SSSR count). The zero-order chi connectivity index (χ0) is 14.3. The summed E-state index contributed by atoms with van der Waals surface area (Å²) in [6.45, 7) is 8.02. The van der Waals surface area contributed by atoms with Crippen LogP contribution < -0.4 is 0 Å². The summed E-state index contributed by atoms with van der Waals surface area (Å²) in [5, 5.41) is 0. The fraction of sp³-hybridized carbons (Fsp3) is 0.812. The molecule has 112 valence electrons. The van der Waals surface area contributed by atoms with Crippen LogP contribution in [0.1, 0.15) is 65.2 Å². The lowest BCUT2D eigenvalue weighted by atomic mass is 10.1. The Morgan fingerprint density at radius 1 is 1.00 bits per heavy atom. The van der Waals surface area contributed by atoms with Gasteiger partial charge in [0.25, 0.3) is 0 Å². The lowest BCUT2D eigenvalue weighted by Gasteiger charge is -2.04. The van der Waals surface area contributed by atoms with Gasteiger partial charge in [-0.05, 0) is 37.7 Å². The van der Waals surface area contributed by atoms with Gasteiger partial charge in [-0.1, -0.05) is 45.6 Å². The van der Waals surface area contributed by atoms with Crippen molar-refractivity contribution in [3.05, 3.63) is 12.2 Å². The van der Waals surface area contributed by atoms with Gasteiger partial charge >= 0.3 is 5.97 Å². The normalized spacial score (nSPS) is 10.4. The van der Waals surface area contributed by atoms with E-state index in [1.54, 1.807) is 6.92 Å². The molecule has 3 heteroatoms. The Bertz CT molecular complexity index is 239. The van der Waals surface area contributed by atoms with Crippen molar-refractivity contribution in [2.75, 3.05) is 18.1 Å². The van der Waals surface area contributed by atoms with E-state index in [0.717, 1.165) is 12.8 Å². The molecular weight excluding hydrogens is 256 g/mol. The lowest BCUT2D eigenvalue weighted by Crippen LogP contribution is -2.06. The molecule has 0 saturated carbocycles. The average Bonchev–Trinajstić information content (AvgIpc) is 2.39. The van der Waals surface area contributed by atoms with Crippen LogP contribution in [0.15, 0.2) is 12.2 Å². The smallest absolute Gasteiger partial charge is 0.333 e. The van der Waals surface area contributed by atoms with Crippen molar-refractivity contribution in [1.82, 2.24) is 0 Å². The van der Waals surface area contributed by atoms with E-state index in [1.807, 2.05) is 11.8 Å². The van der Waals surface area contributed by atoms with Gasteiger partial charge in [0.15, 0.2) is 0 Å². The van der Waals surface area contributed by atoms with Crippen molar-refractivity contribution in [2.24, 2.45) is 0 Å². The molecular formula is C16H30O2S. The highest BCUT2D eigenvalue weighted by molar-refractivity contribution is 7.99. The molecule has 0 aromatic carbocycles. The molecule has 0 bridgehead atoms. The topological polar surface area (TPSA) is 26.3 Å². The van der Waals surface area contributed by atoms with Gasteiger partial charge in [-0.2, -0.15) is 11.8 Å². The first kappa shape index (κ1) is 18.6. The van der Waals surface area contributed by atoms with Crippen molar-refractivity contribution in [2.45, 2.75) is 65.2 Å². The van der Waals surface area contributed by atoms with Gasteiger partial charge in [0.1, 0.15) is 0 Å². The summed E-state index contributed by atoms with van der Waals surface area (Å²) in [6, 6.07) is 0. The highest BCUT2D eigenvalue weighted by Crippen LogP contribution is 2.11. The molecule has 2 nitrogen and oxygen atoms in total. The minimum atomic E-state index is -0.264. The Balaban J connectivity index is 3.07. The molecule has 0 aromatic heterocycles. The standard InChI is InChI=1S/C16H30O2S/c1-4-5-6-7-8-10-13-19-14-11-9-12-18-16(17)15(2)3/h2,4-14H2,1,3H3. The first-order valence-corrected chi connectivity index (χ1v) is 8.74. The third kappa shape index (κ3) is 13.8. The van der Waals surface area contributed by atoms with E-state index in [0.29, 0.717) is 12.2 Å². The predicted octanol–water partition coefficient (Wildman–Crippen LogP) is 4.98. The van der Waals surface area contributed by atoms with Gasteiger partial charge in [-0.15, -0.1) is 0 Å². The number of unbranched alkanes of at least 4 members (excludes halogenated alkanes) is 6. The zero-order valence-corrected chi connectivity index (χ0v) is 13.5. The highest BCUT2D eigenvalue weighted by atomic mass is 32.2. The number of ether oxygens (including phenoxy) is 1. The highest BCUT2D eigenvalue weighted by Gasteiger charge is 2.01. The van der Waals surface area contributed by atoms with E-state index in [9.17, 15) is 4.79 Å². The van der Waals surface area contributed by atoms with Gasteiger partial charge in [-0.3, -0.25) is 0 Å². The maximum absolute atomic E-state index is 11.1. The quantitative estimate of drug-likeness (QED) is 0.271. The number of hydrogen-bond acceptors (Lipinski definition) is 3. The molecule has 0 fully saturated rings. The number of carbonyl (C=O) groups is 1.